The Morgan fingerprint density at radius 2 is 2.04 bits per heavy atom. The lowest BCUT2D eigenvalue weighted by molar-refractivity contribution is 0.290. The van der Waals surface area contributed by atoms with Crippen LogP contribution < -0.4 is 4.74 Å². The molecule has 0 aliphatic heterocycles. The fourth-order valence-corrected chi connectivity index (χ4v) is 3.38. The molecule has 3 rings (SSSR count). The number of halogens is 2. The quantitative estimate of drug-likeness (QED) is 0.579. The Morgan fingerprint density at radius 3 is 2.80 bits per heavy atom. The van der Waals surface area contributed by atoms with Crippen molar-refractivity contribution in [3.63, 3.8) is 0 Å². The Kier molecular flexibility index (Phi) is 5.60. The van der Waals surface area contributed by atoms with Gasteiger partial charge in [-0.3, -0.25) is 0 Å². The summed E-state index contributed by atoms with van der Waals surface area (Å²) < 4.78 is 20.6. The lowest BCUT2D eigenvalue weighted by atomic mass is 10.2. The minimum Gasteiger partial charge on any atom is -0.484 e. The highest BCUT2D eigenvalue weighted by Crippen LogP contribution is 2.26. The monoisotopic (exact) mass is 377 g/mol. The van der Waals surface area contributed by atoms with E-state index in [0.29, 0.717) is 11.6 Å². The van der Waals surface area contributed by atoms with Gasteiger partial charge in [0.15, 0.2) is 11.0 Å². The maximum Gasteiger partial charge on any atom is 0.191 e. The van der Waals surface area contributed by atoms with E-state index in [9.17, 15) is 4.39 Å². The number of hydrogen-bond donors (Lipinski definition) is 0. The number of aromatic nitrogens is 3. The summed E-state index contributed by atoms with van der Waals surface area (Å²) in [6.07, 6.45) is 0. The minimum absolute atomic E-state index is 0.208. The first-order chi connectivity index (χ1) is 12.0. The van der Waals surface area contributed by atoms with E-state index in [4.69, 9.17) is 16.3 Å². The molecule has 0 unspecified atom stereocenters. The van der Waals surface area contributed by atoms with Gasteiger partial charge >= 0.3 is 0 Å². The normalized spacial score (nSPS) is 10.9. The number of hydrogen-bond acceptors (Lipinski definition) is 4. The standard InChI is InChI=1S/C18H17ClFN3OS/c1-12-4-3-5-13(8-12)11-25-18-22-21-17(23(18)2)10-24-16-7-6-14(20)9-15(16)19/h3-9H,10-11H2,1-2H3. The zero-order valence-electron chi connectivity index (χ0n) is 13.9. The van der Waals surface area contributed by atoms with Crippen LogP contribution in [0.1, 0.15) is 17.0 Å². The molecule has 0 bridgehead atoms. The SMILES string of the molecule is Cc1cccc(CSc2nnc(COc3ccc(F)cc3Cl)n2C)c1. The van der Waals surface area contributed by atoms with Crippen molar-refractivity contribution in [2.24, 2.45) is 7.05 Å². The second-order valence-corrected chi connectivity index (χ2v) is 6.95. The molecule has 0 fully saturated rings. The van der Waals surface area contributed by atoms with E-state index >= 15 is 0 Å². The number of nitrogens with zero attached hydrogens (tertiary/aromatic N) is 3. The maximum atomic E-state index is 13.1. The van der Waals surface area contributed by atoms with Gasteiger partial charge in [-0.2, -0.15) is 0 Å². The first-order valence-electron chi connectivity index (χ1n) is 7.67. The van der Waals surface area contributed by atoms with Gasteiger partial charge in [0, 0.05) is 12.8 Å². The molecular weight excluding hydrogens is 361 g/mol. The molecule has 0 saturated heterocycles. The molecule has 130 valence electrons. The molecule has 0 radical (unpaired) electrons. The van der Waals surface area contributed by atoms with Crippen LogP contribution in [0.25, 0.3) is 0 Å². The van der Waals surface area contributed by atoms with E-state index in [1.165, 1.54) is 29.3 Å². The molecule has 25 heavy (non-hydrogen) atoms. The summed E-state index contributed by atoms with van der Waals surface area (Å²) in [5.41, 5.74) is 2.48. The van der Waals surface area contributed by atoms with Crippen LogP contribution in [0.15, 0.2) is 47.6 Å². The van der Waals surface area contributed by atoms with Gasteiger partial charge in [0.25, 0.3) is 0 Å². The van der Waals surface area contributed by atoms with Crippen LogP contribution in [-0.4, -0.2) is 14.8 Å². The van der Waals surface area contributed by atoms with E-state index in [0.717, 1.165) is 10.9 Å². The highest BCUT2D eigenvalue weighted by molar-refractivity contribution is 7.98. The number of thioether (sulfide) groups is 1. The molecule has 3 aromatic rings. The lowest BCUT2D eigenvalue weighted by Gasteiger charge is -2.08. The summed E-state index contributed by atoms with van der Waals surface area (Å²) in [6, 6.07) is 12.4. The number of rotatable bonds is 6. The molecule has 0 saturated carbocycles. The van der Waals surface area contributed by atoms with Crippen molar-refractivity contribution < 1.29 is 9.13 Å². The van der Waals surface area contributed by atoms with E-state index in [1.54, 1.807) is 11.8 Å². The third-order valence-electron chi connectivity index (χ3n) is 3.63. The van der Waals surface area contributed by atoms with Crippen LogP contribution in [0.2, 0.25) is 5.02 Å². The molecule has 2 aromatic carbocycles. The summed E-state index contributed by atoms with van der Waals surface area (Å²) in [4.78, 5) is 0. The van der Waals surface area contributed by atoms with Crippen molar-refractivity contribution in [1.82, 2.24) is 14.8 Å². The minimum atomic E-state index is -0.397. The fourth-order valence-electron chi connectivity index (χ4n) is 2.28. The van der Waals surface area contributed by atoms with Crippen LogP contribution >= 0.6 is 23.4 Å². The van der Waals surface area contributed by atoms with Crippen molar-refractivity contribution in [3.8, 4) is 5.75 Å². The topological polar surface area (TPSA) is 39.9 Å². The van der Waals surface area contributed by atoms with Crippen LogP contribution in [0, 0.1) is 12.7 Å². The van der Waals surface area contributed by atoms with Gasteiger partial charge < -0.3 is 9.30 Å². The Morgan fingerprint density at radius 1 is 1.20 bits per heavy atom. The molecule has 0 aliphatic carbocycles. The van der Waals surface area contributed by atoms with Gasteiger partial charge in [-0.25, -0.2) is 4.39 Å². The van der Waals surface area contributed by atoms with Gasteiger partial charge in [-0.15, -0.1) is 10.2 Å². The molecule has 7 heteroatoms. The second kappa shape index (κ2) is 7.89. The fraction of sp³-hybridized carbons (Fsp3) is 0.222. The summed E-state index contributed by atoms with van der Waals surface area (Å²) in [6.45, 7) is 2.28. The van der Waals surface area contributed by atoms with Crippen molar-refractivity contribution in [2.45, 2.75) is 24.4 Å². The maximum absolute atomic E-state index is 13.1. The molecule has 1 heterocycles. The molecule has 0 N–H and O–H groups in total. The molecule has 0 aliphatic rings. The largest absolute Gasteiger partial charge is 0.484 e. The Labute approximate surface area is 155 Å². The van der Waals surface area contributed by atoms with Crippen molar-refractivity contribution >= 4 is 23.4 Å². The zero-order valence-corrected chi connectivity index (χ0v) is 15.4. The lowest BCUT2D eigenvalue weighted by Crippen LogP contribution is -2.04. The van der Waals surface area contributed by atoms with Gasteiger partial charge in [0.1, 0.15) is 18.2 Å². The smallest absolute Gasteiger partial charge is 0.191 e. The van der Waals surface area contributed by atoms with Gasteiger partial charge in [-0.05, 0) is 30.7 Å². The summed E-state index contributed by atoms with van der Waals surface area (Å²) >= 11 is 7.57. The Balaban J connectivity index is 1.62. The van der Waals surface area contributed by atoms with Crippen LogP contribution in [0.4, 0.5) is 4.39 Å². The predicted octanol–water partition coefficient (Wildman–Crippen LogP) is 4.79. The van der Waals surface area contributed by atoms with E-state index in [-0.39, 0.29) is 11.6 Å². The number of ether oxygens (including phenoxy) is 1. The highest BCUT2D eigenvalue weighted by atomic mass is 35.5. The summed E-state index contributed by atoms with van der Waals surface area (Å²) in [7, 11) is 1.89. The molecule has 0 amide bonds. The molecular formula is C18H17ClFN3OS. The third kappa shape index (κ3) is 4.52. The molecule has 4 nitrogen and oxygen atoms in total. The third-order valence-corrected chi connectivity index (χ3v) is 5.01. The molecule has 0 spiro atoms. The van der Waals surface area contributed by atoms with Gasteiger partial charge in [0.2, 0.25) is 0 Å². The summed E-state index contributed by atoms with van der Waals surface area (Å²) in [5, 5.41) is 9.41. The average Bonchev–Trinajstić information content (AvgIpc) is 2.92. The van der Waals surface area contributed by atoms with E-state index in [2.05, 4.69) is 35.3 Å². The molecule has 1 aromatic heterocycles. The summed E-state index contributed by atoms with van der Waals surface area (Å²) in [5.74, 6) is 1.51. The zero-order chi connectivity index (χ0) is 17.8. The Bertz CT molecular complexity index is 885. The van der Waals surface area contributed by atoms with Crippen LogP contribution in [0.3, 0.4) is 0 Å². The van der Waals surface area contributed by atoms with Gasteiger partial charge in [0.05, 0.1) is 5.02 Å². The Hall–Kier alpha value is -2.05. The average molecular weight is 378 g/mol. The van der Waals surface area contributed by atoms with Crippen molar-refractivity contribution in [2.75, 3.05) is 0 Å². The number of benzene rings is 2. The second-order valence-electron chi connectivity index (χ2n) is 5.60. The first kappa shape index (κ1) is 17.8. The molecule has 0 atom stereocenters. The van der Waals surface area contributed by atoms with E-state index in [1.807, 2.05) is 17.7 Å². The predicted molar refractivity (Wildman–Crippen MR) is 97.5 cm³/mol. The van der Waals surface area contributed by atoms with E-state index < -0.39 is 5.82 Å². The van der Waals surface area contributed by atoms with Crippen molar-refractivity contribution in [1.29, 1.82) is 0 Å². The highest BCUT2D eigenvalue weighted by Gasteiger charge is 2.11. The van der Waals surface area contributed by atoms with Crippen LogP contribution in [0.5, 0.6) is 5.75 Å². The number of aryl methyl sites for hydroxylation is 1. The van der Waals surface area contributed by atoms with Crippen LogP contribution in [-0.2, 0) is 19.4 Å². The van der Waals surface area contributed by atoms with Crippen molar-refractivity contribution in [3.05, 3.63) is 70.3 Å². The first-order valence-corrected chi connectivity index (χ1v) is 9.04. The van der Waals surface area contributed by atoms with Gasteiger partial charge in [-0.1, -0.05) is 53.2 Å².